The molecule has 0 rings (SSSR count). The van der Waals surface area contributed by atoms with Crippen molar-refractivity contribution < 1.29 is 14.7 Å². The number of alkyl halides is 1. The summed E-state index contributed by atoms with van der Waals surface area (Å²) in [6.45, 7) is 1.63. The Hall–Kier alpha value is -0.710. The highest BCUT2D eigenvalue weighted by molar-refractivity contribution is 9.09. The molecule has 0 unspecified atom stereocenters. The van der Waals surface area contributed by atoms with Gasteiger partial charge >= 0.3 is 5.97 Å². The summed E-state index contributed by atoms with van der Waals surface area (Å²) in [6, 6.07) is 0. The van der Waals surface area contributed by atoms with Gasteiger partial charge in [-0.3, -0.25) is 9.59 Å². The fraction of sp³-hybridized carbons (Fsp3) is 0.571. The van der Waals surface area contributed by atoms with E-state index in [0.29, 0.717) is 0 Å². The molecule has 2 N–H and O–H groups in total. The maximum absolute atomic E-state index is 10.9. The van der Waals surface area contributed by atoms with Crippen molar-refractivity contribution in [2.45, 2.75) is 13.3 Å². The number of carboxylic acids is 1. The van der Waals surface area contributed by atoms with Crippen LogP contribution in [0.4, 0.5) is 0 Å². The number of carbonyl (C=O) groups excluding carboxylic acids is 1. The number of carbonyl (C=O) groups is 2. The van der Waals surface area contributed by atoms with E-state index in [1.165, 1.54) is 0 Å². The van der Waals surface area contributed by atoms with Crippen molar-refractivity contribution in [1.29, 1.82) is 5.41 Å². The second-order valence-electron chi connectivity index (χ2n) is 2.27. The van der Waals surface area contributed by atoms with Crippen LogP contribution in [-0.4, -0.2) is 27.9 Å². The Morgan fingerprint density at radius 1 is 1.58 bits per heavy atom. The van der Waals surface area contributed by atoms with Gasteiger partial charge in [0, 0.05) is 0 Å². The lowest BCUT2D eigenvalue weighted by molar-refractivity contribution is -0.139. The first-order valence-corrected chi connectivity index (χ1v) is 4.57. The van der Waals surface area contributed by atoms with Crippen LogP contribution in [0.3, 0.4) is 0 Å². The lowest BCUT2D eigenvalue weighted by Gasteiger charge is -2.08. The van der Waals surface area contributed by atoms with Gasteiger partial charge in [-0.2, -0.15) is 0 Å². The van der Waals surface area contributed by atoms with E-state index in [0.717, 1.165) is 0 Å². The van der Waals surface area contributed by atoms with Gasteiger partial charge in [0.2, 0.25) is 0 Å². The molecule has 0 aromatic rings. The Labute approximate surface area is 78.6 Å². The highest BCUT2D eigenvalue weighted by Crippen LogP contribution is 2.06. The minimum atomic E-state index is -1.11. The lowest BCUT2D eigenvalue weighted by Crippen LogP contribution is -2.29. The first-order chi connectivity index (χ1) is 5.54. The van der Waals surface area contributed by atoms with Crippen LogP contribution in [0.15, 0.2) is 0 Å². The normalized spacial score (nSPS) is 12.2. The summed E-state index contributed by atoms with van der Waals surface area (Å²) in [4.78, 5) is 21.4. The van der Waals surface area contributed by atoms with Crippen molar-refractivity contribution in [3.63, 3.8) is 0 Å². The molecule has 0 aromatic heterocycles. The number of hydrogen-bond acceptors (Lipinski definition) is 3. The Morgan fingerprint density at radius 2 is 2.08 bits per heavy atom. The molecule has 0 saturated carbocycles. The summed E-state index contributed by atoms with van der Waals surface area (Å²) in [5, 5.41) is 15.8. The molecule has 1 atom stereocenters. The average Bonchev–Trinajstić information content (AvgIpc) is 2.03. The third kappa shape index (κ3) is 2.73. The van der Waals surface area contributed by atoms with E-state index in [9.17, 15) is 9.59 Å². The van der Waals surface area contributed by atoms with E-state index in [4.69, 9.17) is 10.5 Å². The van der Waals surface area contributed by atoms with Gasteiger partial charge in [-0.05, 0) is 6.42 Å². The smallest absolute Gasteiger partial charge is 0.312 e. The average molecular weight is 236 g/mol. The molecule has 0 bridgehead atoms. The van der Waals surface area contributed by atoms with Crippen LogP contribution in [0.25, 0.3) is 0 Å². The van der Waals surface area contributed by atoms with Crippen LogP contribution >= 0.6 is 15.9 Å². The van der Waals surface area contributed by atoms with Crippen molar-refractivity contribution in [2.75, 3.05) is 5.33 Å². The van der Waals surface area contributed by atoms with Crippen LogP contribution < -0.4 is 0 Å². The van der Waals surface area contributed by atoms with E-state index in [-0.39, 0.29) is 17.5 Å². The fourth-order valence-electron chi connectivity index (χ4n) is 0.769. The molecular weight excluding hydrogens is 226 g/mol. The summed E-state index contributed by atoms with van der Waals surface area (Å²) in [5.41, 5.74) is -0.332. The van der Waals surface area contributed by atoms with E-state index >= 15 is 0 Å². The van der Waals surface area contributed by atoms with E-state index in [1.54, 1.807) is 6.92 Å². The molecule has 0 saturated heterocycles. The molecule has 0 spiro atoms. The zero-order chi connectivity index (χ0) is 9.72. The summed E-state index contributed by atoms with van der Waals surface area (Å²) in [7, 11) is 0. The second-order valence-corrected chi connectivity index (χ2v) is 2.83. The van der Waals surface area contributed by atoms with Crippen molar-refractivity contribution in [2.24, 2.45) is 5.92 Å². The van der Waals surface area contributed by atoms with Crippen molar-refractivity contribution >= 4 is 33.4 Å². The van der Waals surface area contributed by atoms with Gasteiger partial charge in [0.15, 0.2) is 5.78 Å². The minimum Gasteiger partial charge on any atom is -0.481 e. The number of hydrogen-bond donors (Lipinski definition) is 2. The van der Waals surface area contributed by atoms with Gasteiger partial charge in [0.1, 0.15) is 5.92 Å². The second kappa shape index (κ2) is 5.03. The van der Waals surface area contributed by atoms with Crippen LogP contribution in [0.2, 0.25) is 0 Å². The van der Waals surface area contributed by atoms with Gasteiger partial charge in [-0.1, -0.05) is 22.9 Å². The van der Waals surface area contributed by atoms with Crippen LogP contribution in [0, 0.1) is 11.3 Å². The third-order valence-electron chi connectivity index (χ3n) is 1.48. The number of rotatable bonds is 5. The largest absolute Gasteiger partial charge is 0.481 e. The van der Waals surface area contributed by atoms with Crippen molar-refractivity contribution in [3.8, 4) is 0 Å². The number of Topliss-reactive ketones (excluding diaryl/α,β-unsaturated/α-hetero) is 1. The first-order valence-electron chi connectivity index (χ1n) is 3.45. The number of nitrogens with one attached hydrogen (secondary N) is 1. The van der Waals surface area contributed by atoms with Gasteiger partial charge in [0.05, 0.1) is 11.0 Å². The first kappa shape index (κ1) is 11.3. The number of aliphatic carboxylic acids is 1. The number of carboxylic acid groups (broad SMARTS) is 1. The molecule has 0 amide bonds. The topological polar surface area (TPSA) is 78.2 Å². The SMILES string of the molecule is CC[C@@H](C(=N)C(=O)CBr)C(=O)O. The predicted molar refractivity (Wildman–Crippen MR) is 47.9 cm³/mol. The number of ketones is 1. The molecule has 5 heteroatoms. The molecule has 0 aromatic carbocycles. The Bertz CT molecular complexity index is 215. The molecule has 0 aliphatic heterocycles. The lowest BCUT2D eigenvalue weighted by atomic mass is 9.98. The monoisotopic (exact) mass is 235 g/mol. The van der Waals surface area contributed by atoms with Crippen LogP contribution in [0.5, 0.6) is 0 Å². The summed E-state index contributed by atoms with van der Waals surface area (Å²) < 4.78 is 0. The number of halogens is 1. The molecule has 0 aliphatic carbocycles. The molecule has 4 nitrogen and oxygen atoms in total. The fourth-order valence-corrected chi connectivity index (χ4v) is 1.07. The van der Waals surface area contributed by atoms with Gasteiger partial charge < -0.3 is 10.5 Å². The van der Waals surface area contributed by atoms with E-state index in [1.807, 2.05) is 0 Å². The van der Waals surface area contributed by atoms with Crippen molar-refractivity contribution in [1.82, 2.24) is 0 Å². The van der Waals surface area contributed by atoms with Gasteiger partial charge in [0.25, 0.3) is 0 Å². The van der Waals surface area contributed by atoms with Crippen LogP contribution in [0.1, 0.15) is 13.3 Å². The molecule has 0 radical (unpaired) electrons. The van der Waals surface area contributed by atoms with E-state index in [2.05, 4.69) is 15.9 Å². The maximum Gasteiger partial charge on any atom is 0.312 e. The minimum absolute atomic E-state index is 0.00954. The molecule has 12 heavy (non-hydrogen) atoms. The zero-order valence-electron chi connectivity index (χ0n) is 6.63. The van der Waals surface area contributed by atoms with E-state index < -0.39 is 17.7 Å². The summed E-state index contributed by atoms with van der Waals surface area (Å²) in [5.74, 6) is -2.55. The molecule has 0 heterocycles. The Kier molecular flexibility index (Phi) is 4.73. The molecule has 68 valence electrons. The summed E-state index contributed by atoms with van der Waals surface area (Å²) >= 11 is 2.88. The third-order valence-corrected chi connectivity index (χ3v) is 1.99. The van der Waals surface area contributed by atoms with Gasteiger partial charge in [-0.15, -0.1) is 0 Å². The Balaban J connectivity index is 4.42. The highest BCUT2D eigenvalue weighted by atomic mass is 79.9. The highest BCUT2D eigenvalue weighted by Gasteiger charge is 2.24. The molecular formula is C7H10BrNO3. The molecule has 0 aliphatic rings. The Morgan fingerprint density at radius 3 is 2.33 bits per heavy atom. The maximum atomic E-state index is 10.9. The molecule has 0 fully saturated rings. The zero-order valence-corrected chi connectivity index (χ0v) is 8.22. The standard InChI is InChI=1S/C7H10BrNO3/c1-2-4(7(11)12)6(9)5(10)3-8/h4,9H,2-3H2,1H3,(H,11,12)/t4-/m0/s1. The summed E-state index contributed by atoms with van der Waals surface area (Å²) in [6.07, 6.45) is 0.271. The van der Waals surface area contributed by atoms with Crippen LogP contribution in [-0.2, 0) is 9.59 Å². The quantitative estimate of drug-likeness (QED) is 0.553. The van der Waals surface area contributed by atoms with Crippen molar-refractivity contribution in [3.05, 3.63) is 0 Å². The predicted octanol–water partition coefficient (Wildman–Crippen LogP) is 1.08. The van der Waals surface area contributed by atoms with Gasteiger partial charge in [-0.25, -0.2) is 0 Å².